The number of aliphatic hydroxyl groups is 1. The van der Waals surface area contributed by atoms with E-state index in [1.54, 1.807) is 0 Å². The van der Waals surface area contributed by atoms with Crippen LogP contribution in [0, 0.1) is 11.8 Å². The van der Waals surface area contributed by atoms with Crippen LogP contribution in [0.1, 0.15) is 32.6 Å². The fraction of sp³-hybridized carbons (Fsp3) is 0.900. The number of unbranched alkanes of at least 4 members (excludes halogenated alkanes) is 1. The van der Waals surface area contributed by atoms with E-state index in [0.29, 0.717) is 6.42 Å². The molecule has 0 aliphatic heterocycles. The van der Waals surface area contributed by atoms with E-state index in [9.17, 15) is 4.79 Å². The summed E-state index contributed by atoms with van der Waals surface area (Å²) in [6.07, 6.45) is 3.34. The maximum atomic E-state index is 11.2. The zero-order valence-corrected chi connectivity index (χ0v) is 8.25. The Kier molecular flexibility index (Phi) is 4.22. The van der Waals surface area contributed by atoms with Crippen molar-refractivity contribution in [3.05, 3.63) is 0 Å². The number of carbonyl (C=O) groups is 1. The third-order valence-corrected chi connectivity index (χ3v) is 2.65. The van der Waals surface area contributed by atoms with Crippen LogP contribution < -0.4 is 5.32 Å². The Bertz CT molecular complexity index is 170. The van der Waals surface area contributed by atoms with Gasteiger partial charge in [0, 0.05) is 19.6 Å². The first kappa shape index (κ1) is 10.5. The summed E-state index contributed by atoms with van der Waals surface area (Å²) in [6, 6.07) is 0. The van der Waals surface area contributed by atoms with Crippen molar-refractivity contribution in [3.63, 3.8) is 0 Å². The molecular weight excluding hydrogens is 166 g/mol. The minimum absolute atomic E-state index is 0.132. The van der Waals surface area contributed by atoms with Gasteiger partial charge < -0.3 is 10.4 Å². The first-order valence-corrected chi connectivity index (χ1v) is 5.11. The van der Waals surface area contributed by atoms with Crippen molar-refractivity contribution in [1.82, 2.24) is 5.32 Å². The summed E-state index contributed by atoms with van der Waals surface area (Å²) >= 11 is 0. The number of hydrogen-bond donors (Lipinski definition) is 2. The Morgan fingerprint density at radius 3 is 2.77 bits per heavy atom. The number of aliphatic hydroxyl groups excluding tert-OH is 1. The van der Waals surface area contributed by atoms with Gasteiger partial charge in [0.25, 0.3) is 0 Å². The number of hydrogen-bond acceptors (Lipinski definition) is 2. The van der Waals surface area contributed by atoms with Crippen molar-refractivity contribution in [2.75, 3.05) is 13.2 Å². The second kappa shape index (κ2) is 5.22. The van der Waals surface area contributed by atoms with Gasteiger partial charge in [-0.05, 0) is 31.1 Å². The molecule has 0 saturated heterocycles. The lowest BCUT2D eigenvalue weighted by atomic mass is 10.2. The van der Waals surface area contributed by atoms with Gasteiger partial charge in [-0.2, -0.15) is 0 Å². The van der Waals surface area contributed by atoms with Crippen molar-refractivity contribution >= 4 is 5.91 Å². The van der Waals surface area contributed by atoms with Crippen LogP contribution in [0.25, 0.3) is 0 Å². The van der Waals surface area contributed by atoms with Crippen LogP contribution in [0.4, 0.5) is 0 Å². The Morgan fingerprint density at radius 1 is 1.54 bits per heavy atom. The molecule has 1 amide bonds. The maximum Gasteiger partial charge on any atom is 0.220 e. The Balaban J connectivity index is 1.92. The molecule has 0 radical (unpaired) electrons. The molecule has 2 atom stereocenters. The van der Waals surface area contributed by atoms with Gasteiger partial charge >= 0.3 is 0 Å². The highest BCUT2D eigenvalue weighted by Gasteiger charge is 2.32. The van der Waals surface area contributed by atoms with E-state index >= 15 is 0 Å². The molecule has 2 N–H and O–H groups in total. The fourth-order valence-electron chi connectivity index (χ4n) is 1.41. The molecular formula is C10H19NO2. The molecule has 0 aromatic carbocycles. The predicted molar refractivity (Wildman–Crippen MR) is 51.2 cm³/mol. The van der Waals surface area contributed by atoms with E-state index in [1.165, 1.54) is 6.42 Å². The molecule has 1 rings (SSSR count). The molecule has 0 heterocycles. The standard InChI is InChI=1S/C10H19NO2/c1-8-6-9(8)7-11-10(13)4-2-3-5-12/h8-9,12H,2-7H2,1H3,(H,11,13). The van der Waals surface area contributed by atoms with Crippen LogP contribution in [0.2, 0.25) is 0 Å². The van der Waals surface area contributed by atoms with E-state index in [-0.39, 0.29) is 12.5 Å². The molecule has 0 aromatic heterocycles. The van der Waals surface area contributed by atoms with Crippen molar-refractivity contribution in [2.45, 2.75) is 32.6 Å². The molecule has 3 heteroatoms. The molecule has 2 unspecified atom stereocenters. The third-order valence-electron chi connectivity index (χ3n) is 2.65. The van der Waals surface area contributed by atoms with Crippen LogP contribution in [0.15, 0.2) is 0 Å². The van der Waals surface area contributed by atoms with Gasteiger partial charge in [-0.1, -0.05) is 6.92 Å². The van der Waals surface area contributed by atoms with Crippen LogP contribution >= 0.6 is 0 Å². The Morgan fingerprint density at radius 2 is 2.23 bits per heavy atom. The molecule has 1 saturated carbocycles. The molecule has 1 aliphatic rings. The van der Waals surface area contributed by atoms with Crippen molar-refractivity contribution in [2.24, 2.45) is 11.8 Å². The lowest BCUT2D eigenvalue weighted by Crippen LogP contribution is -2.25. The molecule has 0 bridgehead atoms. The molecule has 76 valence electrons. The number of amides is 1. The average molecular weight is 185 g/mol. The summed E-state index contributed by atoms with van der Waals surface area (Å²) < 4.78 is 0. The monoisotopic (exact) mass is 185 g/mol. The van der Waals surface area contributed by atoms with Crippen LogP contribution in [-0.2, 0) is 4.79 Å². The SMILES string of the molecule is CC1CC1CNC(=O)CCCCO. The smallest absolute Gasteiger partial charge is 0.220 e. The van der Waals surface area contributed by atoms with E-state index in [2.05, 4.69) is 12.2 Å². The van der Waals surface area contributed by atoms with E-state index in [1.807, 2.05) is 0 Å². The van der Waals surface area contributed by atoms with E-state index in [0.717, 1.165) is 31.2 Å². The Labute approximate surface area is 79.5 Å². The van der Waals surface area contributed by atoms with Gasteiger partial charge in [0.2, 0.25) is 5.91 Å². The first-order valence-electron chi connectivity index (χ1n) is 5.11. The average Bonchev–Trinajstić information content (AvgIpc) is 2.79. The highest BCUT2D eigenvalue weighted by Crippen LogP contribution is 2.36. The van der Waals surface area contributed by atoms with Crippen LogP contribution in [0.3, 0.4) is 0 Å². The van der Waals surface area contributed by atoms with Gasteiger partial charge in [-0.25, -0.2) is 0 Å². The second-order valence-electron chi connectivity index (χ2n) is 3.96. The normalized spacial score (nSPS) is 25.7. The summed E-state index contributed by atoms with van der Waals surface area (Å²) in [6.45, 7) is 3.24. The molecule has 0 aromatic rings. The lowest BCUT2D eigenvalue weighted by Gasteiger charge is -2.03. The number of nitrogens with one attached hydrogen (secondary N) is 1. The van der Waals surface area contributed by atoms with Gasteiger partial charge in [0.05, 0.1) is 0 Å². The van der Waals surface area contributed by atoms with Gasteiger partial charge in [-0.3, -0.25) is 4.79 Å². The molecule has 3 nitrogen and oxygen atoms in total. The lowest BCUT2D eigenvalue weighted by molar-refractivity contribution is -0.121. The Hall–Kier alpha value is -0.570. The van der Waals surface area contributed by atoms with Gasteiger partial charge in [0.1, 0.15) is 0 Å². The molecule has 1 fully saturated rings. The summed E-state index contributed by atoms with van der Waals surface area (Å²) in [5.74, 6) is 1.66. The van der Waals surface area contributed by atoms with Crippen molar-refractivity contribution in [1.29, 1.82) is 0 Å². The summed E-state index contributed by atoms with van der Waals surface area (Å²) in [4.78, 5) is 11.2. The minimum atomic E-state index is 0.132. The predicted octanol–water partition coefficient (Wildman–Crippen LogP) is 0.921. The number of rotatable bonds is 6. The largest absolute Gasteiger partial charge is 0.396 e. The fourth-order valence-corrected chi connectivity index (χ4v) is 1.41. The maximum absolute atomic E-state index is 11.2. The summed E-state index contributed by atoms with van der Waals surface area (Å²) in [5.41, 5.74) is 0. The third kappa shape index (κ3) is 4.27. The number of carbonyl (C=O) groups excluding carboxylic acids is 1. The van der Waals surface area contributed by atoms with E-state index < -0.39 is 0 Å². The van der Waals surface area contributed by atoms with Crippen LogP contribution in [0.5, 0.6) is 0 Å². The summed E-state index contributed by atoms with van der Waals surface area (Å²) in [5, 5.41) is 11.4. The van der Waals surface area contributed by atoms with Crippen molar-refractivity contribution in [3.8, 4) is 0 Å². The first-order chi connectivity index (χ1) is 6.24. The highest BCUT2D eigenvalue weighted by atomic mass is 16.2. The second-order valence-corrected chi connectivity index (χ2v) is 3.96. The van der Waals surface area contributed by atoms with E-state index in [4.69, 9.17) is 5.11 Å². The van der Waals surface area contributed by atoms with Crippen LogP contribution in [-0.4, -0.2) is 24.2 Å². The zero-order chi connectivity index (χ0) is 9.68. The molecule has 13 heavy (non-hydrogen) atoms. The highest BCUT2D eigenvalue weighted by molar-refractivity contribution is 5.75. The van der Waals surface area contributed by atoms with Crippen molar-refractivity contribution < 1.29 is 9.90 Å². The topological polar surface area (TPSA) is 49.3 Å². The van der Waals surface area contributed by atoms with Gasteiger partial charge in [-0.15, -0.1) is 0 Å². The molecule has 1 aliphatic carbocycles. The zero-order valence-electron chi connectivity index (χ0n) is 8.25. The minimum Gasteiger partial charge on any atom is -0.396 e. The summed E-state index contributed by atoms with van der Waals surface area (Å²) in [7, 11) is 0. The molecule has 0 spiro atoms. The quantitative estimate of drug-likeness (QED) is 0.605. The van der Waals surface area contributed by atoms with Gasteiger partial charge in [0.15, 0.2) is 0 Å².